The zero-order valence-electron chi connectivity index (χ0n) is 20.7. The summed E-state index contributed by atoms with van der Waals surface area (Å²) in [6, 6.07) is 8.50. The molecule has 5 rings (SSSR count). The SMILES string of the molecule is CN(C)[C@@H]1C(=O)C(C(N)=O)C(=O)[C@@]2(O)C(=O)C3C(=O)c4c(O)ccc(-c5cccc(C=O)c5)c4C[C@H]3C[C@@H]12. The molecule has 10 heteroatoms. The zero-order valence-corrected chi connectivity index (χ0v) is 20.7. The Morgan fingerprint density at radius 1 is 1.11 bits per heavy atom. The number of aldehydes is 1. The summed E-state index contributed by atoms with van der Waals surface area (Å²) in [5.74, 6) is -10.9. The van der Waals surface area contributed by atoms with Crippen molar-refractivity contribution < 1.29 is 39.0 Å². The average molecular weight is 519 g/mol. The molecule has 0 spiro atoms. The van der Waals surface area contributed by atoms with Crippen LogP contribution in [0.2, 0.25) is 0 Å². The molecule has 0 bridgehead atoms. The topological polar surface area (TPSA) is 172 Å². The van der Waals surface area contributed by atoms with Crippen LogP contribution in [-0.2, 0) is 25.6 Å². The van der Waals surface area contributed by atoms with Crippen LogP contribution >= 0.6 is 0 Å². The lowest BCUT2D eigenvalue weighted by atomic mass is 9.52. The van der Waals surface area contributed by atoms with E-state index in [0.29, 0.717) is 28.5 Å². The summed E-state index contributed by atoms with van der Waals surface area (Å²) >= 11 is 0. The third-order valence-electron chi connectivity index (χ3n) is 8.28. The number of Topliss-reactive ketones (excluding diaryl/α,β-unsaturated/α-hetero) is 4. The molecule has 0 saturated heterocycles. The smallest absolute Gasteiger partial charge is 0.235 e. The Bertz CT molecular complexity index is 1450. The van der Waals surface area contributed by atoms with Crippen LogP contribution in [0, 0.1) is 23.7 Å². The molecule has 1 amide bonds. The van der Waals surface area contributed by atoms with Crippen molar-refractivity contribution in [3.05, 3.63) is 53.1 Å². The van der Waals surface area contributed by atoms with Crippen LogP contribution in [-0.4, -0.2) is 76.2 Å². The number of nitrogens with zero attached hydrogens (tertiary/aromatic N) is 1. The molecule has 3 aliphatic rings. The van der Waals surface area contributed by atoms with Crippen LogP contribution in [0.3, 0.4) is 0 Å². The maximum absolute atomic E-state index is 13.8. The van der Waals surface area contributed by atoms with E-state index >= 15 is 0 Å². The van der Waals surface area contributed by atoms with Crippen LogP contribution in [0.5, 0.6) is 5.75 Å². The van der Waals surface area contributed by atoms with Gasteiger partial charge in [0.15, 0.2) is 34.7 Å². The molecule has 2 fully saturated rings. The minimum Gasteiger partial charge on any atom is -0.507 e. The Morgan fingerprint density at radius 2 is 1.82 bits per heavy atom. The molecule has 0 aliphatic heterocycles. The molecular formula is C28H26N2O8. The molecule has 196 valence electrons. The third-order valence-corrected chi connectivity index (χ3v) is 8.28. The van der Waals surface area contributed by atoms with Gasteiger partial charge in [-0.05, 0) is 61.7 Å². The summed E-state index contributed by atoms with van der Waals surface area (Å²) in [4.78, 5) is 78.9. The number of primary amides is 1. The number of fused-ring (bicyclic) bond motifs is 3. The van der Waals surface area contributed by atoms with Gasteiger partial charge in [0.25, 0.3) is 0 Å². The summed E-state index contributed by atoms with van der Waals surface area (Å²) in [5.41, 5.74) is 4.59. The molecule has 0 heterocycles. The van der Waals surface area contributed by atoms with E-state index in [4.69, 9.17) is 5.73 Å². The molecule has 2 aromatic rings. The lowest BCUT2D eigenvalue weighted by molar-refractivity contribution is -0.181. The molecule has 2 saturated carbocycles. The van der Waals surface area contributed by atoms with Crippen LogP contribution in [0.4, 0.5) is 0 Å². The number of phenols is 1. The number of likely N-dealkylation sites (N-methyl/N-ethyl adjacent to an activating group) is 1. The van der Waals surface area contributed by atoms with Crippen molar-refractivity contribution in [2.75, 3.05) is 14.1 Å². The van der Waals surface area contributed by atoms with Gasteiger partial charge < -0.3 is 15.9 Å². The van der Waals surface area contributed by atoms with Gasteiger partial charge in [0.05, 0.1) is 17.5 Å². The Morgan fingerprint density at radius 3 is 2.45 bits per heavy atom. The molecule has 4 N–H and O–H groups in total. The number of hydrogen-bond donors (Lipinski definition) is 3. The van der Waals surface area contributed by atoms with Gasteiger partial charge in [-0.1, -0.05) is 24.3 Å². The molecule has 6 atom stereocenters. The Hall–Kier alpha value is -4.02. The van der Waals surface area contributed by atoms with Crippen LogP contribution in [0.15, 0.2) is 36.4 Å². The number of aromatic hydroxyl groups is 1. The quantitative estimate of drug-likeness (QED) is 0.381. The van der Waals surface area contributed by atoms with Gasteiger partial charge in [-0.15, -0.1) is 0 Å². The van der Waals surface area contributed by atoms with Crippen molar-refractivity contribution in [2.24, 2.45) is 29.4 Å². The second-order valence-corrected chi connectivity index (χ2v) is 10.5. The van der Waals surface area contributed by atoms with E-state index < -0.39 is 64.4 Å². The number of ketones is 4. The van der Waals surface area contributed by atoms with Crippen molar-refractivity contribution in [1.29, 1.82) is 0 Å². The van der Waals surface area contributed by atoms with Crippen molar-refractivity contribution in [1.82, 2.24) is 4.90 Å². The first kappa shape index (κ1) is 25.6. The fourth-order valence-corrected chi connectivity index (χ4v) is 6.65. The van der Waals surface area contributed by atoms with Crippen molar-refractivity contribution >= 4 is 35.3 Å². The maximum atomic E-state index is 13.8. The summed E-state index contributed by atoms with van der Waals surface area (Å²) in [7, 11) is 3.07. The number of phenolic OH excluding ortho intramolecular Hbond substituents is 1. The third kappa shape index (κ3) is 3.40. The molecule has 0 aromatic heterocycles. The molecule has 2 unspecified atom stereocenters. The maximum Gasteiger partial charge on any atom is 0.235 e. The van der Waals surface area contributed by atoms with E-state index in [1.807, 2.05) is 0 Å². The Kier molecular flexibility index (Phi) is 5.92. The van der Waals surface area contributed by atoms with Gasteiger partial charge in [-0.3, -0.25) is 33.7 Å². The minimum absolute atomic E-state index is 0.0344. The summed E-state index contributed by atoms with van der Waals surface area (Å²) < 4.78 is 0. The first-order valence-electron chi connectivity index (χ1n) is 12.2. The second kappa shape index (κ2) is 8.78. The number of benzene rings is 2. The normalized spacial score (nSPS) is 30.5. The highest BCUT2D eigenvalue weighted by molar-refractivity contribution is 6.32. The van der Waals surface area contributed by atoms with E-state index in [-0.39, 0.29) is 24.2 Å². The number of carbonyl (C=O) groups is 6. The zero-order chi connectivity index (χ0) is 27.7. The van der Waals surface area contributed by atoms with E-state index in [9.17, 15) is 39.0 Å². The fourth-order valence-electron chi connectivity index (χ4n) is 6.65. The molecule has 10 nitrogen and oxygen atoms in total. The van der Waals surface area contributed by atoms with E-state index in [2.05, 4.69) is 0 Å². The summed E-state index contributed by atoms with van der Waals surface area (Å²) in [6.07, 6.45) is 0.796. The second-order valence-electron chi connectivity index (χ2n) is 10.5. The summed E-state index contributed by atoms with van der Waals surface area (Å²) in [5, 5.41) is 22.3. The highest BCUT2D eigenvalue weighted by atomic mass is 16.3. The van der Waals surface area contributed by atoms with Gasteiger partial charge in [0, 0.05) is 11.5 Å². The number of amides is 1. The van der Waals surface area contributed by atoms with Crippen molar-refractivity contribution in [3.63, 3.8) is 0 Å². The largest absolute Gasteiger partial charge is 0.507 e. The molecule has 0 radical (unpaired) electrons. The van der Waals surface area contributed by atoms with E-state index in [0.717, 1.165) is 0 Å². The monoisotopic (exact) mass is 518 g/mol. The minimum atomic E-state index is -2.76. The predicted molar refractivity (Wildman–Crippen MR) is 132 cm³/mol. The first-order chi connectivity index (χ1) is 17.9. The highest BCUT2D eigenvalue weighted by Gasteiger charge is 2.69. The highest BCUT2D eigenvalue weighted by Crippen LogP contribution is 2.51. The van der Waals surface area contributed by atoms with Crippen molar-refractivity contribution in [3.8, 4) is 16.9 Å². The van der Waals surface area contributed by atoms with Crippen LogP contribution in [0.25, 0.3) is 11.1 Å². The van der Waals surface area contributed by atoms with Crippen LogP contribution < -0.4 is 5.73 Å². The predicted octanol–water partition coefficient (Wildman–Crippen LogP) is 0.347. The average Bonchev–Trinajstić information content (AvgIpc) is 2.86. The van der Waals surface area contributed by atoms with Crippen LogP contribution in [0.1, 0.15) is 32.7 Å². The first-order valence-corrected chi connectivity index (χ1v) is 12.2. The van der Waals surface area contributed by atoms with Gasteiger partial charge in [0.2, 0.25) is 5.91 Å². The van der Waals surface area contributed by atoms with Gasteiger partial charge in [-0.25, -0.2) is 0 Å². The number of nitrogens with two attached hydrogens (primary N) is 1. The van der Waals surface area contributed by atoms with Gasteiger partial charge in [0.1, 0.15) is 12.0 Å². The number of hydrogen-bond acceptors (Lipinski definition) is 9. The van der Waals surface area contributed by atoms with Gasteiger partial charge in [-0.2, -0.15) is 0 Å². The van der Waals surface area contributed by atoms with Crippen molar-refractivity contribution in [2.45, 2.75) is 24.5 Å². The van der Waals surface area contributed by atoms with E-state index in [1.165, 1.54) is 25.1 Å². The molecule has 2 aromatic carbocycles. The molecular weight excluding hydrogens is 492 g/mol. The Labute approximate surface area is 217 Å². The summed E-state index contributed by atoms with van der Waals surface area (Å²) in [6.45, 7) is 0. The van der Waals surface area contributed by atoms with Gasteiger partial charge >= 0.3 is 0 Å². The fraction of sp³-hybridized carbons (Fsp3) is 0.357. The van der Waals surface area contributed by atoms with E-state index in [1.54, 1.807) is 30.3 Å². The lowest BCUT2D eigenvalue weighted by Gasteiger charge is -2.52. The number of rotatable bonds is 4. The number of carbonyl (C=O) groups excluding carboxylic acids is 6. The standard InChI is InChI=1S/C28H26N2O8/c1-30(2)22-17-10-14-9-16-15(13-5-3-4-12(8-13)11-31)6-7-18(32)20(16)23(33)19(14)25(35)28(17,38)26(36)21(24(22)34)27(29)37/h3-8,11,14,17,19,21-22,32,38H,9-10H2,1-2H3,(H2,29,37)/t14-,17-,19?,21?,22-,28-/m0/s1. The number of aliphatic hydroxyl groups is 1. The lowest BCUT2D eigenvalue weighted by Crippen LogP contribution is -2.74. The molecule has 38 heavy (non-hydrogen) atoms. The molecule has 3 aliphatic carbocycles. The Balaban J connectivity index is 1.66.